The molecule has 1 aromatic carbocycles. The molecule has 0 saturated heterocycles. The quantitative estimate of drug-likeness (QED) is 0.843. The van der Waals surface area contributed by atoms with Gasteiger partial charge in [0.2, 0.25) is 5.91 Å². The summed E-state index contributed by atoms with van der Waals surface area (Å²) in [7, 11) is 0. The van der Waals surface area contributed by atoms with E-state index in [1.807, 2.05) is 25.1 Å². The Balaban J connectivity index is 0.00000324. The lowest BCUT2D eigenvalue weighted by Gasteiger charge is -2.25. The Morgan fingerprint density at radius 2 is 1.89 bits per heavy atom. The van der Waals surface area contributed by atoms with E-state index < -0.39 is 0 Å². The van der Waals surface area contributed by atoms with Crippen molar-refractivity contribution in [1.29, 1.82) is 0 Å². The van der Waals surface area contributed by atoms with Gasteiger partial charge in [-0.05, 0) is 23.4 Å². The number of benzene rings is 1. The molecular weight excluding hydrogens is 260 g/mol. The van der Waals surface area contributed by atoms with Crippen LogP contribution >= 0.6 is 12.4 Å². The third-order valence-electron chi connectivity index (χ3n) is 3.21. The molecule has 4 heteroatoms. The number of carbonyl (C=O) groups is 1. The molecule has 0 saturated carbocycles. The van der Waals surface area contributed by atoms with Gasteiger partial charge in [0.25, 0.3) is 0 Å². The highest BCUT2D eigenvalue weighted by molar-refractivity contribution is 5.85. The van der Waals surface area contributed by atoms with Crippen LogP contribution in [-0.2, 0) is 10.2 Å². The van der Waals surface area contributed by atoms with E-state index in [4.69, 9.17) is 5.73 Å². The van der Waals surface area contributed by atoms with Crippen LogP contribution in [0, 0.1) is 5.92 Å². The second kappa shape index (κ2) is 8.18. The van der Waals surface area contributed by atoms with E-state index in [-0.39, 0.29) is 23.7 Å². The van der Waals surface area contributed by atoms with Crippen molar-refractivity contribution in [2.75, 3.05) is 13.1 Å². The number of hydrogen-bond acceptors (Lipinski definition) is 2. The third-order valence-corrected chi connectivity index (χ3v) is 3.21. The zero-order valence-corrected chi connectivity index (χ0v) is 12.8. The first kappa shape index (κ1) is 17.9. The molecule has 0 radical (unpaired) electrons. The number of rotatable bonds is 6. The Hall–Kier alpha value is -1.06. The summed E-state index contributed by atoms with van der Waals surface area (Å²) in [5, 5.41) is 2.94. The largest absolute Gasteiger partial charge is 0.356 e. The van der Waals surface area contributed by atoms with Gasteiger partial charge in [0.15, 0.2) is 0 Å². The summed E-state index contributed by atoms with van der Waals surface area (Å²) in [6.07, 6.45) is 0.494. The molecule has 1 atom stereocenters. The van der Waals surface area contributed by atoms with Gasteiger partial charge in [0.05, 0.1) is 0 Å². The summed E-state index contributed by atoms with van der Waals surface area (Å²) in [6.45, 7) is 7.47. The van der Waals surface area contributed by atoms with Crippen molar-refractivity contribution < 1.29 is 4.79 Å². The molecule has 0 aliphatic heterocycles. The maximum Gasteiger partial charge on any atom is 0.220 e. The van der Waals surface area contributed by atoms with Gasteiger partial charge in [-0.1, -0.05) is 51.1 Å². The fourth-order valence-corrected chi connectivity index (χ4v) is 1.83. The van der Waals surface area contributed by atoms with Gasteiger partial charge >= 0.3 is 0 Å². The van der Waals surface area contributed by atoms with Gasteiger partial charge in [-0.25, -0.2) is 0 Å². The highest BCUT2D eigenvalue weighted by atomic mass is 35.5. The molecule has 0 spiro atoms. The smallest absolute Gasteiger partial charge is 0.220 e. The lowest BCUT2D eigenvalue weighted by atomic mass is 9.81. The van der Waals surface area contributed by atoms with Gasteiger partial charge in [-0.15, -0.1) is 12.4 Å². The molecule has 3 nitrogen and oxygen atoms in total. The van der Waals surface area contributed by atoms with E-state index in [1.54, 1.807) is 0 Å². The highest BCUT2D eigenvalue weighted by Crippen LogP contribution is 2.26. The highest BCUT2D eigenvalue weighted by Gasteiger charge is 2.23. The topological polar surface area (TPSA) is 55.1 Å². The van der Waals surface area contributed by atoms with Crippen LogP contribution in [0.3, 0.4) is 0 Å². The first-order valence-electron chi connectivity index (χ1n) is 6.48. The molecule has 0 fully saturated rings. The van der Waals surface area contributed by atoms with E-state index >= 15 is 0 Å². The van der Waals surface area contributed by atoms with Crippen LogP contribution < -0.4 is 11.1 Å². The van der Waals surface area contributed by atoms with Crippen LogP contribution in [0.5, 0.6) is 0 Å². The minimum Gasteiger partial charge on any atom is -0.356 e. The summed E-state index contributed by atoms with van der Waals surface area (Å²) in [6, 6.07) is 10.1. The van der Waals surface area contributed by atoms with Crippen LogP contribution in [0.25, 0.3) is 0 Å². The first-order valence-corrected chi connectivity index (χ1v) is 6.48. The maximum atomic E-state index is 11.9. The Labute approximate surface area is 122 Å². The number of amides is 1. The number of halogens is 1. The van der Waals surface area contributed by atoms with E-state index in [1.165, 1.54) is 5.56 Å². The van der Waals surface area contributed by atoms with Crippen molar-refractivity contribution in [2.45, 2.75) is 32.6 Å². The zero-order valence-electron chi connectivity index (χ0n) is 12.0. The normalized spacial score (nSPS) is 12.4. The summed E-state index contributed by atoms with van der Waals surface area (Å²) < 4.78 is 0. The predicted molar refractivity (Wildman–Crippen MR) is 82.6 cm³/mol. The summed E-state index contributed by atoms with van der Waals surface area (Å²) in [5.74, 6) is 0.415. The second-order valence-electron chi connectivity index (χ2n) is 5.57. The predicted octanol–water partition coefficient (Wildman–Crippen LogP) is 2.49. The summed E-state index contributed by atoms with van der Waals surface area (Å²) in [4.78, 5) is 11.9. The van der Waals surface area contributed by atoms with Crippen molar-refractivity contribution in [3.8, 4) is 0 Å². The zero-order chi connectivity index (χ0) is 13.6. The minimum atomic E-state index is -0.142. The Morgan fingerprint density at radius 3 is 2.42 bits per heavy atom. The van der Waals surface area contributed by atoms with Crippen molar-refractivity contribution in [3.05, 3.63) is 35.9 Å². The van der Waals surface area contributed by atoms with Gasteiger partial charge in [0.1, 0.15) is 0 Å². The molecule has 1 unspecified atom stereocenters. The number of nitrogens with two attached hydrogens (primary N) is 1. The Morgan fingerprint density at radius 1 is 1.32 bits per heavy atom. The van der Waals surface area contributed by atoms with Crippen LogP contribution in [0.1, 0.15) is 32.8 Å². The minimum absolute atomic E-state index is 0. The maximum absolute atomic E-state index is 11.9. The van der Waals surface area contributed by atoms with Crippen molar-refractivity contribution in [1.82, 2.24) is 5.32 Å². The van der Waals surface area contributed by atoms with Crippen molar-refractivity contribution in [3.63, 3.8) is 0 Å². The average Bonchev–Trinajstić information content (AvgIpc) is 2.36. The number of nitrogens with one attached hydrogen (secondary N) is 1. The number of hydrogen-bond donors (Lipinski definition) is 2. The molecule has 0 bridgehead atoms. The molecule has 1 aromatic rings. The van der Waals surface area contributed by atoms with E-state index in [0.717, 1.165) is 0 Å². The molecule has 108 valence electrons. The lowest BCUT2D eigenvalue weighted by molar-refractivity contribution is -0.122. The second-order valence-corrected chi connectivity index (χ2v) is 5.57. The summed E-state index contributed by atoms with van der Waals surface area (Å²) in [5.41, 5.74) is 6.57. The monoisotopic (exact) mass is 284 g/mol. The Kier molecular flexibility index (Phi) is 7.72. The van der Waals surface area contributed by atoms with Gasteiger partial charge in [-0.2, -0.15) is 0 Å². The van der Waals surface area contributed by atoms with Crippen LogP contribution in [0.15, 0.2) is 30.3 Å². The fourth-order valence-electron chi connectivity index (χ4n) is 1.83. The molecule has 0 heterocycles. The van der Waals surface area contributed by atoms with Crippen molar-refractivity contribution >= 4 is 18.3 Å². The van der Waals surface area contributed by atoms with Gasteiger partial charge in [0, 0.05) is 13.0 Å². The van der Waals surface area contributed by atoms with Gasteiger partial charge in [-0.3, -0.25) is 4.79 Å². The summed E-state index contributed by atoms with van der Waals surface area (Å²) >= 11 is 0. The standard InChI is InChI=1S/C15H24N2O.ClH/c1-12(10-16)11-17-14(18)9-15(2,3)13-7-5-4-6-8-13;/h4-8,12H,9-11,16H2,1-3H3,(H,17,18);1H. The van der Waals surface area contributed by atoms with Crippen molar-refractivity contribution in [2.24, 2.45) is 11.7 Å². The van der Waals surface area contributed by atoms with Crippen LogP contribution in [0.2, 0.25) is 0 Å². The average molecular weight is 285 g/mol. The van der Waals surface area contributed by atoms with E-state index in [9.17, 15) is 4.79 Å². The molecule has 3 N–H and O–H groups in total. The molecule has 1 amide bonds. The van der Waals surface area contributed by atoms with Crippen LogP contribution in [0.4, 0.5) is 0 Å². The molecule has 19 heavy (non-hydrogen) atoms. The van der Waals surface area contributed by atoms with E-state index in [2.05, 4.69) is 31.3 Å². The van der Waals surface area contributed by atoms with E-state index in [0.29, 0.717) is 25.4 Å². The SMILES string of the molecule is CC(CN)CNC(=O)CC(C)(C)c1ccccc1.Cl. The number of carbonyl (C=O) groups excluding carboxylic acids is 1. The molecule has 0 aliphatic carbocycles. The third kappa shape index (κ3) is 6.08. The lowest BCUT2D eigenvalue weighted by Crippen LogP contribution is -2.35. The van der Waals surface area contributed by atoms with Gasteiger partial charge < -0.3 is 11.1 Å². The Bertz CT molecular complexity index is 379. The fraction of sp³-hybridized carbons (Fsp3) is 0.533. The molecular formula is C15H25ClN2O. The molecule has 0 aliphatic rings. The van der Waals surface area contributed by atoms with Crippen LogP contribution in [-0.4, -0.2) is 19.0 Å². The molecule has 0 aromatic heterocycles. The molecule has 1 rings (SSSR count). The first-order chi connectivity index (χ1) is 8.45.